The summed E-state index contributed by atoms with van der Waals surface area (Å²) in [6.07, 6.45) is 3.37. The van der Waals surface area contributed by atoms with Crippen LogP contribution >= 0.6 is 43.5 Å². The molecule has 0 saturated heterocycles. The molecule has 0 radical (unpaired) electrons. The van der Waals surface area contributed by atoms with Crippen molar-refractivity contribution in [2.45, 2.75) is 67.1 Å². The monoisotopic (exact) mass is 412 g/mol. The van der Waals surface area contributed by atoms with Crippen molar-refractivity contribution in [3.05, 3.63) is 12.2 Å². The zero-order chi connectivity index (χ0) is 14.6. The Bertz CT molecular complexity index is 394. The van der Waals surface area contributed by atoms with Gasteiger partial charge in [-0.3, -0.25) is 0 Å². The van der Waals surface area contributed by atoms with Crippen LogP contribution in [0.3, 0.4) is 0 Å². The van der Waals surface area contributed by atoms with Gasteiger partial charge in [0.15, 0.2) is 0 Å². The summed E-state index contributed by atoms with van der Waals surface area (Å²) in [5, 5.41) is 10.2. The first kappa shape index (κ1) is 16.3. The molecule has 0 aliphatic heterocycles. The average molecular weight is 415 g/mol. The van der Waals surface area contributed by atoms with E-state index in [0.717, 1.165) is 19.3 Å². The zero-order valence-electron chi connectivity index (χ0n) is 11.8. The molecule has 0 aromatic rings. The molecule has 2 aliphatic carbocycles. The average Bonchev–Trinajstić information content (AvgIpc) is 2.29. The van der Waals surface area contributed by atoms with E-state index in [-0.39, 0.29) is 31.5 Å². The molecule has 2 rings (SSSR count). The van der Waals surface area contributed by atoms with E-state index in [1.165, 1.54) is 5.57 Å². The third-order valence-corrected chi connectivity index (χ3v) is 9.42. The van der Waals surface area contributed by atoms with Gasteiger partial charge in [0.2, 0.25) is 0 Å². The lowest BCUT2D eigenvalue weighted by Gasteiger charge is -2.60. The molecule has 0 amide bonds. The van der Waals surface area contributed by atoms with Gasteiger partial charge in [0.05, 0.1) is 11.0 Å². The fourth-order valence-electron chi connectivity index (χ4n) is 3.89. The number of hydrogen-bond donors (Lipinski definition) is 1. The van der Waals surface area contributed by atoms with E-state index in [9.17, 15) is 5.11 Å². The highest BCUT2D eigenvalue weighted by atomic mass is 79.9. The van der Waals surface area contributed by atoms with Crippen LogP contribution in [-0.4, -0.2) is 25.7 Å². The summed E-state index contributed by atoms with van der Waals surface area (Å²) in [7, 11) is 0. The lowest BCUT2D eigenvalue weighted by molar-refractivity contribution is -0.0173. The van der Waals surface area contributed by atoms with Crippen molar-refractivity contribution in [1.82, 2.24) is 0 Å². The summed E-state index contributed by atoms with van der Waals surface area (Å²) in [5.74, 6) is 0. The van der Waals surface area contributed by atoms with Gasteiger partial charge in [-0.2, -0.15) is 0 Å². The first-order valence-corrected chi connectivity index (χ1v) is 9.09. The minimum Gasteiger partial charge on any atom is -0.392 e. The molecule has 0 aromatic heterocycles. The van der Waals surface area contributed by atoms with Gasteiger partial charge < -0.3 is 5.11 Å². The van der Waals surface area contributed by atoms with Gasteiger partial charge in [-0.1, -0.05) is 57.9 Å². The largest absolute Gasteiger partial charge is 0.392 e. The normalized spacial score (nSPS) is 50.5. The van der Waals surface area contributed by atoms with Gasteiger partial charge in [-0.05, 0) is 43.4 Å². The molecule has 0 heterocycles. The van der Waals surface area contributed by atoms with Crippen molar-refractivity contribution >= 4 is 43.5 Å². The Kier molecular flexibility index (Phi) is 4.29. The Morgan fingerprint density at radius 3 is 2.37 bits per heavy atom. The Hall–Kier alpha value is 0.950. The molecule has 110 valence electrons. The van der Waals surface area contributed by atoms with E-state index in [4.69, 9.17) is 11.6 Å². The van der Waals surface area contributed by atoms with Crippen molar-refractivity contribution < 1.29 is 5.11 Å². The molecule has 2 fully saturated rings. The van der Waals surface area contributed by atoms with E-state index in [0.29, 0.717) is 6.42 Å². The van der Waals surface area contributed by atoms with Crippen LogP contribution in [0.15, 0.2) is 12.2 Å². The quantitative estimate of drug-likeness (QED) is 0.435. The predicted octanol–water partition coefficient (Wildman–Crippen LogP) is 5.03. The van der Waals surface area contributed by atoms with Crippen LogP contribution in [0.1, 0.15) is 46.5 Å². The lowest BCUT2D eigenvalue weighted by Crippen LogP contribution is -2.58. The Morgan fingerprint density at radius 2 is 1.84 bits per heavy atom. The highest BCUT2D eigenvalue weighted by molar-refractivity contribution is 9.09. The maximum absolute atomic E-state index is 10.2. The highest BCUT2D eigenvalue weighted by Crippen LogP contribution is 2.64. The molecule has 4 heteroatoms. The van der Waals surface area contributed by atoms with Crippen LogP contribution in [0.2, 0.25) is 0 Å². The van der Waals surface area contributed by atoms with E-state index >= 15 is 0 Å². The summed E-state index contributed by atoms with van der Waals surface area (Å²) >= 11 is 14.1. The molecule has 0 bridgehead atoms. The van der Waals surface area contributed by atoms with Gasteiger partial charge in [0, 0.05) is 9.65 Å². The third-order valence-electron chi connectivity index (χ3n) is 5.61. The van der Waals surface area contributed by atoms with Gasteiger partial charge in [0.25, 0.3) is 0 Å². The van der Waals surface area contributed by atoms with E-state index in [2.05, 4.69) is 59.2 Å². The Morgan fingerprint density at radius 1 is 1.26 bits per heavy atom. The van der Waals surface area contributed by atoms with E-state index < -0.39 is 0 Å². The van der Waals surface area contributed by atoms with Crippen LogP contribution in [0.4, 0.5) is 0 Å². The summed E-state index contributed by atoms with van der Waals surface area (Å²) in [5.41, 5.74) is 1.22. The van der Waals surface area contributed by atoms with Gasteiger partial charge in [-0.15, -0.1) is 11.6 Å². The number of alkyl halides is 3. The third kappa shape index (κ3) is 2.37. The molecule has 1 spiro atoms. The van der Waals surface area contributed by atoms with Crippen molar-refractivity contribution in [3.8, 4) is 0 Å². The minimum atomic E-state index is -0.341. The summed E-state index contributed by atoms with van der Waals surface area (Å²) in [4.78, 5) is 0.200. The minimum absolute atomic E-state index is 0.0266. The van der Waals surface area contributed by atoms with Gasteiger partial charge in [-0.25, -0.2) is 0 Å². The molecule has 19 heavy (non-hydrogen) atoms. The molecular formula is C15H23Br2ClO. The number of hydrogen-bond acceptors (Lipinski definition) is 1. The molecule has 2 aliphatic rings. The fraction of sp³-hybridized carbons (Fsp3) is 0.867. The van der Waals surface area contributed by atoms with Crippen LogP contribution in [0, 0.1) is 10.8 Å². The number of aliphatic hydroxyl groups is 1. The Labute approximate surface area is 138 Å². The van der Waals surface area contributed by atoms with Crippen molar-refractivity contribution in [2.75, 3.05) is 0 Å². The number of halogens is 3. The second kappa shape index (κ2) is 5.00. The second-order valence-electron chi connectivity index (χ2n) is 7.03. The van der Waals surface area contributed by atoms with E-state index in [1.807, 2.05) is 0 Å². The first-order valence-electron chi connectivity index (χ1n) is 6.88. The molecule has 2 saturated carbocycles. The van der Waals surface area contributed by atoms with Crippen molar-refractivity contribution in [2.24, 2.45) is 10.8 Å². The topological polar surface area (TPSA) is 20.2 Å². The maximum atomic E-state index is 10.2. The molecule has 5 atom stereocenters. The van der Waals surface area contributed by atoms with E-state index in [1.54, 1.807) is 0 Å². The van der Waals surface area contributed by atoms with Crippen LogP contribution in [-0.2, 0) is 0 Å². The standard InChI is InChI=1S/C15H23Br2ClO/c1-9-7-10(19)12(17)13(2,3)15(9)6-5-14(4,18)11(16)8-15/h10-12,19H,1,5-8H2,2-4H3/t10-,11+,12-,14+,15+/m1/s1. The smallest absolute Gasteiger partial charge is 0.0707 e. The fourth-order valence-corrected chi connectivity index (χ4v) is 5.47. The van der Waals surface area contributed by atoms with Gasteiger partial charge >= 0.3 is 0 Å². The van der Waals surface area contributed by atoms with Crippen LogP contribution in [0.5, 0.6) is 0 Å². The second-order valence-corrected chi connectivity index (χ2v) is 9.99. The summed E-state index contributed by atoms with van der Waals surface area (Å²) in [6, 6.07) is 0. The predicted molar refractivity (Wildman–Crippen MR) is 89.5 cm³/mol. The number of aliphatic hydroxyl groups excluding tert-OH is 1. The summed E-state index contributed by atoms with van der Waals surface area (Å²) < 4.78 is 0. The molecule has 0 aromatic carbocycles. The lowest BCUT2D eigenvalue weighted by atomic mass is 9.49. The SMILES string of the molecule is C=C1C[C@@H](O)[C@@H](Br)C(C)(C)[C@]12CC[C@](C)(Cl)[C@@H](Br)C2. The molecular weight excluding hydrogens is 391 g/mol. The van der Waals surface area contributed by atoms with Crippen molar-refractivity contribution in [1.29, 1.82) is 0 Å². The van der Waals surface area contributed by atoms with Gasteiger partial charge in [0.1, 0.15) is 0 Å². The molecule has 0 unspecified atom stereocenters. The maximum Gasteiger partial charge on any atom is 0.0707 e. The molecule has 1 N–H and O–H groups in total. The highest BCUT2D eigenvalue weighted by Gasteiger charge is 2.59. The first-order chi connectivity index (χ1) is 8.54. The zero-order valence-corrected chi connectivity index (χ0v) is 15.8. The van der Waals surface area contributed by atoms with Crippen LogP contribution < -0.4 is 0 Å². The Balaban J connectivity index is 2.39. The van der Waals surface area contributed by atoms with Crippen molar-refractivity contribution in [3.63, 3.8) is 0 Å². The number of rotatable bonds is 0. The molecule has 1 nitrogen and oxygen atoms in total. The van der Waals surface area contributed by atoms with Crippen LogP contribution in [0.25, 0.3) is 0 Å². The summed E-state index contributed by atoms with van der Waals surface area (Å²) in [6.45, 7) is 10.9.